The van der Waals surface area contributed by atoms with Crippen molar-refractivity contribution in [2.24, 2.45) is 0 Å². The minimum Gasteiger partial charge on any atom is -0.349 e. The quantitative estimate of drug-likeness (QED) is 0.549. The summed E-state index contributed by atoms with van der Waals surface area (Å²) in [5.74, 6) is 0.301. The minimum absolute atomic E-state index is 0.140. The highest BCUT2D eigenvalue weighted by Gasteiger charge is 2.25. The van der Waals surface area contributed by atoms with Crippen molar-refractivity contribution in [1.29, 1.82) is 0 Å². The van der Waals surface area contributed by atoms with Crippen LogP contribution in [0.3, 0.4) is 0 Å². The second kappa shape index (κ2) is 8.87. The normalized spacial score (nSPS) is 12.9. The van der Waals surface area contributed by atoms with Gasteiger partial charge in [-0.1, -0.05) is 18.2 Å². The van der Waals surface area contributed by atoms with Crippen LogP contribution in [0.4, 0.5) is 0 Å². The number of imidazole rings is 1. The Bertz CT molecular complexity index is 970. The van der Waals surface area contributed by atoms with Gasteiger partial charge >= 0.3 is 0 Å². The van der Waals surface area contributed by atoms with Gasteiger partial charge in [0.15, 0.2) is 4.96 Å². The Morgan fingerprint density at radius 3 is 2.81 bits per heavy atom. The molecule has 0 aliphatic heterocycles. The van der Waals surface area contributed by atoms with E-state index in [-0.39, 0.29) is 17.3 Å². The number of thioether (sulfide) groups is 1. The van der Waals surface area contributed by atoms with Crippen LogP contribution < -0.4 is 10.0 Å². The molecule has 1 unspecified atom stereocenters. The summed E-state index contributed by atoms with van der Waals surface area (Å²) >= 11 is 3.07. The lowest BCUT2D eigenvalue weighted by Gasteiger charge is -2.18. The molecule has 7 nitrogen and oxygen atoms in total. The lowest BCUT2D eigenvalue weighted by Crippen LogP contribution is -2.46. The summed E-state index contributed by atoms with van der Waals surface area (Å²) in [6.07, 6.45) is 6.06. The first-order valence-electron chi connectivity index (χ1n) is 8.25. The molecule has 0 radical (unpaired) electrons. The molecule has 27 heavy (non-hydrogen) atoms. The number of carbonyl (C=O) groups is 1. The van der Waals surface area contributed by atoms with Crippen LogP contribution in [0.2, 0.25) is 0 Å². The number of thiazole rings is 1. The van der Waals surface area contributed by atoms with Crippen molar-refractivity contribution >= 4 is 44.0 Å². The molecule has 0 spiro atoms. The van der Waals surface area contributed by atoms with Crippen LogP contribution in [0.15, 0.2) is 53.0 Å². The van der Waals surface area contributed by atoms with E-state index in [0.29, 0.717) is 12.2 Å². The molecule has 2 heterocycles. The number of hydrogen-bond donors (Lipinski definition) is 2. The maximum Gasteiger partial charge on any atom is 0.241 e. The number of carbonyl (C=O) groups excluding carboxylic acids is 1. The van der Waals surface area contributed by atoms with Gasteiger partial charge in [-0.3, -0.25) is 9.20 Å². The van der Waals surface area contributed by atoms with Crippen molar-refractivity contribution in [2.45, 2.75) is 23.9 Å². The monoisotopic (exact) mass is 424 g/mol. The first-order chi connectivity index (χ1) is 13.0. The fourth-order valence-electron chi connectivity index (χ4n) is 2.50. The molecule has 0 saturated heterocycles. The Labute approximate surface area is 166 Å². The van der Waals surface area contributed by atoms with E-state index in [1.165, 1.54) is 23.5 Å². The summed E-state index contributed by atoms with van der Waals surface area (Å²) in [6, 6.07) is 7.21. The Balaban J connectivity index is 1.67. The molecule has 144 valence electrons. The highest BCUT2D eigenvalue weighted by atomic mass is 32.2. The van der Waals surface area contributed by atoms with E-state index in [9.17, 15) is 13.2 Å². The van der Waals surface area contributed by atoms with E-state index in [2.05, 4.69) is 15.0 Å². The average molecular weight is 425 g/mol. The SMILES string of the molecule is CSCCC(NS(=O)(=O)c1ccccc1)C(=O)NCc1cn2ccsc2n1. The Hall–Kier alpha value is -1.88. The van der Waals surface area contributed by atoms with Gasteiger partial charge in [0.05, 0.1) is 17.1 Å². The predicted octanol–water partition coefficient (Wildman–Crippen LogP) is 2.11. The van der Waals surface area contributed by atoms with Gasteiger partial charge in [-0.05, 0) is 30.6 Å². The summed E-state index contributed by atoms with van der Waals surface area (Å²) in [6.45, 7) is 0.246. The lowest BCUT2D eigenvalue weighted by atomic mass is 10.2. The van der Waals surface area contributed by atoms with Crippen molar-refractivity contribution in [1.82, 2.24) is 19.4 Å². The Morgan fingerprint density at radius 2 is 2.11 bits per heavy atom. The van der Waals surface area contributed by atoms with Crippen molar-refractivity contribution in [3.8, 4) is 0 Å². The zero-order valence-electron chi connectivity index (χ0n) is 14.7. The maximum absolute atomic E-state index is 12.6. The van der Waals surface area contributed by atoms with Crippen molar-refractivity contribution in [2.75, 3.05) is 12.0 Å². The summed E-state index contributed by atoms with van der Waals surface area (Å²) < 4.78 is 29.5. The summed E-state index contributed by atoms with van der Waals surface area (Å²) in [5, 5.41) is 4.72. The number of fused-ring (bicyclic) bond motifs is 1. The molecule has 0 fully saturated rings. The second-order valence-corrected chi connectivity index (χ2v) is 9.38. The fourth-order valence-corrected chi connectivity index (χ4v) is 4.94. The van der Waals surface area contributed by atoms with Crippen LogP contribution in [-0.4, -0.2) is 41.8 Å². The zero-order chi connectivity index (χ0) is 19.3. The number of benzene rings is 1. The number of amides is 1. The molecule has 1 atom stereocenters. The summed E-state index contributed by atoms with van der Waals surface area (Å²) in [5.41, 5.74) is 0.727. The zero-order valence-corrected chi connectivity index (χ0v) is 17.1. The maximum atomic E-state index is 12.6. The molecule has 1 amide bonds. The number of nitrogens with zero attached hydrogens (tertiary/aromatic N) is 2. The fraction of sp³-hybridized carbons (Fsp3) is 0.294. The van der Waals surface area contributed by atoms with E-state index in [4.69, 9.17) is 0 Å². The van der Waals surface area contributed by atoms with Crippen LogP contribution in [-0.2, 0) is 21.4 Å². The highest BCUT2D eigenvalue weighted by molar-refractivity contribution is 7.98. The number of aromatic nitrogens is 2. The molecular weight excluding hydrogens is 404 g/mol. The van der Waals surface area contributed by atoms with Crippen LogP contribution in [0.1, 0.15) is 12.1 Å². The Morgan fingerprint density at radius 1 is 1.33 bits per heavy atom. The third-order valence-electron chi connectivity index (χ3n) is 3.86. The van der Waals surface area contributed by atoms with Crippen LogP contribution >= 0.6 is 23.1 Å². The molecular formula is C17H20N4O3S3. The van der Waals surface area contributed by atoms with E-state index in [1.807, 2.05) is 28.4 Å². The minimum atomic E-state index is -3.77. The first-order valence-corrected chi connectivity index (χ1v) is 12.0. The molecule has 1 aromatic carbocycles. The molecule has 3 aromatic rings. The topological polar surface area (TPSA) is 92.6 Å². The average Bonchev–Trinajstić information content (AvgIpc) is 3.25. The number of nitrogens with one attached hydrogen (secondary N) is 2. The van der Waals surface area contributed by atoms with Gasteiger partial charge in [-0.25, -0.2) is 13.4 Å². The largest absolute Gasteiger partial charge is 0.349 e. The molecule has 2 aromatic heterocycles. The standard InChI is InChI=1S/C17H20N4O3S3/c1-25-9-7-15(20-27(23,24)14-5-3-2-4-6-14)16(22)18-11-13-12-21-8-10-26-17(21)19-13/h2-6,8,10,12,15,20H,7,9,11H2,1H3,(H,18,22). The van der Waals surface area contributed by atoms with Crippen molar-refractivity contribution in [3.05, 3.63) is 53.8 Å². The third-order valence-corrected chi connectivity index (χ3v) is 6.77. The first kappa shape index (κ1) is 19.9. The third kappa shape index (κ3) is 5.10. The van der Waals surface area contributed by atoms with Gasteiger partial charge in [0.1, 0.15) is 6.04 Å². The summed E-state index contributed by atoms with van der Waals surface area (Å²) in [7, 11) is -3.77. The number of rotatable bonds is 9. The van der Waals surface area contributed by atoms with E-state index >= 15 is 0 Å². The number of sulfonamides is 1. The van der Waals surface area contributed by atoms with E-state index in [1.54, 1.807) is 30.0 Å². The van der Waals surface area contributed by atoms with Crippen molar-refractivity contribution in [3.63, 3.8) is 0 Å². The van der Waals surface area contributed by atoms with Crippen LogP contribution in [0.5, 0.6) is 0 Å². The molecule has 2 N–H and O–H groups in total. The van der Waals surface area contributed by atoms with Gasteiger partial charge in [-0.15, -0.1) is 11.3 Å². The van der Waals surface area contributed by atoms with E-state index in [0.717, 1.165) is 10.7 Å². The smallest absolute Gasteiger partial charge is 0.241 e. The van der Waals surface area contributed by atoms with Gasteiger partial charge in [-0.2, -0.15) is 16.5 Å². The van der Waals surface area contributed by atoms with Crippen molar-refractivity contribution < 1.29 is 13.2 Å². The molecule has 3 rings (SSSR count). The van der Waals surface area contributed by atoms with Crippen LogP contribution in [0, 0.1) is 0 Å². The van der Waals surface area contributed by atoms with Gasteiger partial charge in [0, 0.05) is 17.8 Å². The van der Waals surface area contributed by atoms with E-state index < -0.39 is 16.1 Å². The molecule has 10 heteroatoms. The van der Waals surface area contributed by atoms with Gasteiger partial charge < -0.3 is 5.32 Å². The molecule has 0 saturated carbocycles. The van der Waals surface area contributed by atoms with Gasteiger partial charge in [0.2, 0.25) is 15.9 Å². The van der Waals surface area contributed by atoms with Gasteiger partial charge in [0.25, 0.3) is 0 Å². The lowest BCUT2D eigenvalue weighted by molar-refractivity contribution is -0.122. The van der Waals surface area contributed by atoms with Crippen LogP contribution in [0.25, 0.3) is 4.96 Å². The highest BCUT2D eigenvalue weighted by Crippen LogP contribution is 2.12. The molecule has 0 aliphatic carbocycles. The molecule has 0 aliphatic rings. The summed E-state index contributed by atoms with van der Waals surface area (Å²) in [4.78, 5) is 18.0. The number of hydrogen-bond acceptors (Lipinski definition) is 6. The Kier molecular flexibility index (Phi) is 6.53. The second-order valence-electron chi connectivity index (χ2n) is 5.81. The predicted molar refractivity (Wildman–Crippen MR) is 108 cm³/mol. The molecule has 0 bridgehead atoms.